The second-order valence-electron chi connectivity index (χ2n) is 9.47. The molecule has 3 rings (SSSR count). The summed E-state index contributed by atoms with van der Waals surface area (Å²) in [7, 11) is 0. The van der Waals surface area contributed by atoms with Gasteiger partial charge in [-0.15, -0.1) is 0 Å². The van der Waals surface area contributed by atoms with Crippen LogP contribution in [0, 0.1) is 23.5 Å². The Hall–Kier alpha value is -2.43. The average molecular weight is 473 g/mol. The fourth-order valence-electron chi connectivity index (χ4n) is 4.88. The molecule has 0 spiro atoms. The molecule has 0 aromatic heterocycles. The van der Waals surface area contributed by atoms with Crippen LogP contribution in [0.5, 0.6) is 11.5 Å². The Bertz CT molecular complexity index is 902. The van der Waals surface area contributed by atoms with Crippen LogP contribution in [-0.4, -0.2) is 12.6 Å². The molecule has 1 aliphatic rings. The number of carbonyl (C=O) groups excluding carboxylic acids is 1. The van der Waals surface area contributed by atoms with E-state index < -0.39 is 17.6 Å². The number of ether oxygens (including phenoxy) is 2. The van der Waals surface area contributed by atoms with E-state index in [1.165, 1.54) is 76.0 Å². The minimum Gasteiger partial charge on any atom is -0.494 e. The Labute approximate surface area is 202 Å². The van der Waals surface area contributed by atoms with Crippen LogP contribution in [-0.2, 0) is 6.42 Å². The Morgan fingerprint density at radius 2 is 1.53 bits per heavy atom. The molecule has 0 unspecified atom stereocenters. The van der Waals surface area contributed by atoms with Crippen molar-refractivity contribution in [2.45, 2.75) is 84.5 Å². The van der Waals surface area contributed by atoms with Gasteiger partial charge in [0.15, 0.2) is 11.6 Å². The monoisotopic (exact) mass is 472 g/mol. The highest BCUT2D eigenvalue weighted by Gasteiger charge is 2.22. The molecule has 2 aromatic rings. The Kier molecular flexibility index (Phi) is 10.4. The highest BCUT2D eigenvalue weighted by molar-refractivity contribution is 5.91. The van der Waals surface area contributed by atoms with E-state index in [0.717, 1.165) is 12.3 Å². The van der Waals surface area contributed by atoms with Crippen molar-refractivity contribution in [3.63, 3.8) is 0 Å². The van der Waals surface area contributed by atoms with Crippen molar-refractivity contribution in [3.8, 4) is 11.5 Å². The van der Waals surface area contributed by atoms with Gasteiger partial charge in [-0.3, -0.25) is 0 Å². The van der Waals surface area contributed by atoms with E-state index in [0.29, 0.717) is 30.3 Å². The van der Waals surface area contributed by atoms with Crippen LogP contribution in [0.15, 0.2) is 36.4 Å². The Morgan fingerprint density at radius 1 is 0.853 bits per heavy atom. The van der Waals surface area contributed by atoms with E-state index >= 15 is 0 Å². The van der Waals surface area contributed by atoms with E-state index in [4.69, 9.17) is 9.47 Å². The number of aryl methyl sites for hydroxylation is 1. The number of hydrogen-bond acceptors (Lipinski definition) is 3. The van der Waals surface area contributed by atoms with Gasteiger partial charge in [-0.2, -0.15) is 4.39 Å². The minimum absolute atomic E-state index is 0.244. The van der Waals surface area contributed by atoms with E-state index in [-0.39, 0.29) is 11.3 Å². The van der Waals surface area contributed by atoms with Gasteiger partial charge in [-0.05, 0) is 67.5 Å². The summed E-state index contributed by atoms with van der Waals surface area (Å²) in [4.78, 5) is 12.3. The summed E-state index contributed by atoms with van der Waals surface area (Å²) >= 11 is 0. The first-order valence-electron chi connectivity index (χ1n) is 12.9. The van der Waals surface area contributed by atoms with Crippen molar-refractivity contribution in [3.05, 3.63) is 59.2 Å². The molecular weight excluding hydrogens is 434 g/mol. The van der Waals surface area contributed by atoms with Crippen LogP contribution in [0.4, 0.5) is 8.78 Å². The summed E-state index contributed by atoms with van der Waals surface area (Å²) in [5.74, 6) is -1.10. The third kappa shape index (κ3) is 7.54. The zero-order valence-electron chi connectivity index (χ0n) is 20.6. The van der Waals surface area contributed by atoms with Crippen molar-refractivity contribution in [1.29, 1.82) is 0 Å². The van der Waals surface area contributed by atoms with Gasteiger partial charge in [0.25, 0.3) is 0 Å². The third-order valence-electron chi connectivity index (χ3n) is 6.98. The minimum atomic E-state index is -1.10. The van der Waals surface area contributed by atoms with E-state index in [1.54, 1.807) is 18.2 Å². The van der Waals surface area contributed by atoms with Gasteiger partial charge in [0, 0.05) is 0 Å². The SMILES string of the molecule is CCCCCCC1CCC(CCc2ccc(OC(=O)c3ccc(OCC)cc3)c(F)c2F)CC1. The first-order chi connectivity index (χ1) is 16.5. The van der Waals surface area contributed by atoms with Crippen LogP contribution in [0.1, 0.15) is 94.0 Å². The molecular formula is C29H38F2O3. The second-order valence-corrected chi connectivity index (χ2v) is 9.47. The number of carbonyl (C=O) groups is 1. The lowest BCUT2D eigenvalue weighted by atomic mass is 9.77. The zero-order chi connectivity index (χ0) is 24.3. The van der Waals surface area contributed by atoms with E-state index in [2.05, 4.69) is 6.92 Å². The molecule has 0 bridgehead atoms. The van der Waals surface area contributed by atoms with Gasteiger partial charge in [-0.1, -0.05) is 70.8 Å². The fourth-order valence-corrected chi connectivity index (χ4v) is 4.88. The van der Waals surface area contributed by atoms with Crippen molar-refractivity contribution in [2.24, 2.45) is 11.8 Å². The van der Waals surface area contributed by atoms with Gasteiger partial charge >= 0.3 is 5.97 Å². The first kappa shape index (κ1) is 26.2. The molecule has 1 fully saturated rings. The highest BCUT2D eigenvalue weighted by Crippen LogP contribution is 2.35. The van der Waals surface area contributed by atoms with Crippen LogP contribution in [0.25, 0.3) is 0 Å². The fraction of sp³-hybridized carbons (Fsp3) is 0.552. The summed E-state index contributed by atoms with van der Waals surface area (Å²) in [6, 6.07) is 9.25. The van der Waals surface area contributed by atoms with Crippen molar-refractivity contribution in [1.82, 2.24) is 0 Å². The molecule has 5 heteroatoms. The number of esters is 1. The molecule has 0 saturated heterocycles. The smallest absolute Gasteiger partial charge is 0.343 e. The lowest BCUT2D eigenvalue weighted by Gasteiger charge is -2.28. The molecule has 0 amide bonds. The molecule has 0 N–H and O–H groups in total. The number of rotatable bonds is 12. The molecule has 3 nitrogen and oxygen atoms in total. The summed E-state index contributed by atoms with van der Waals surface area (Å²) in [5, 5.41) is 0. The molecule has 0 heterocycles. The number of benzene rings is 2. The topological polar surface area (TPSA) is 35.5 Å². The summed E-state index contributed by atoms with van der Waals surface area (Å²) < 4.78 is 39.8. The summed E-state index contributed by atoms with van der Waals surface area (Å²) in [6.45, 7) is 4.62. The summed E-state index contributed by atoms with van der Waals surface area (Å²) in [6.07, 6.45) is 12.9. The van der Waals surface area contributed by atoms with Crippen LogP contribution in [0.2, 0.25) is 0 Å². The van der Waals surface area contributed by atoms with Crippen molar-refractivity contribution >= 4 is 5.97 Å². The van der Waals surface area contributed by atoms with Gasteiger partial charge in [0.1, 0.15) is 5.75 Å². The molecule has 0 atom stereocenters. The van der Waals surface area contributed by atoms with E-state index in [1.807, 2.05) is 6.92 Å². The predicted molar refractivity (Wildman–Crippen MR) is 131 cm³/mol. The standard InChI is InChI=1S/C29H38F2O3/c1-3-5-6-7-8-21-9-11-22(12-10-21)13-14-23-17-20-26(28(31)27(23)30)34-29(32)24-15-18-25(19-16-24)33-4-2/h15-22H,3-14H2,1-2H3. The summed E-state index contributed by atoms with van der Waals surface area (Å²) in [5.41, 5.74) is 0.591. The number of hydrogen-bond donors (Lipinski definition) is 0. The molecule has 0 radical (unpaired) electrons. The Balaban J connectivity index is 1.48. The maximum absolute atomic E-state index is 14.7. The maximum atomic E-state index is 14.7. The molecule has 34 heavy (non-hydrogen) atoms. The van der Waals surface area contributed by atoms with Gasteiger partial charge in [-0.25, -0.2) is 9.18 Å². The van der Waals surface area contributed by atoms with Gasteiger partial charge in [0.05, 0.1) is 12.2 Å². The zero-order valence-corrected chi connectivity index (χ0v) is 20.6. The molecule has 1 saturated carbocycles. The molecule has 2 aromatic carbocycles. The third-order valence-corrected chi connectivity index (χ3v) is 6.98. The van der Waals surface area contributed by atoms with Crippen LogP contribution < -0.4 is 9.47 Å². The largest absolute Gasteiger partial charge is 0.494 e. The first-order valence-corrected chi connectivity index (χ1v) is 12.9. The molecule has 0 aliphatic heterocycles. The maximum Gasteiger partial charge on any atom is 0.343 e. The van der Waals surface area contributed by atoms with E-state index in [9.17, 15) is 13.6 Å². The molecule has 186 valence electrons. The second kappa shape index (κ2) is 13.5. The predicted octanol–water partition coefficient (Wildman–Crippen LogP) is 8.29. The quantitative estimate of drug-likeness (QED) is 0.177. The van der Waals surface area contributed by atoms with Crippen molar-refractivity contribution < 1.29 is 23.0 Å². The molecule has 1 aliphatic carbocycles. The van der Waals surface area contributed by atoms with Crippen molar-refractivity contribution in [2.75, 3.05) is 6.61 Å². The highest BCUT2D eigenvalue weighted by atomic mass is 19.2. The van der Waals surface area contributed by atoms with Crippen LogP contribution >= 0.6 is 0 Å². The van der Waals surface area contributed by atoms with Gasteiger partial charge < -0.3 is 9.47 Å². The Morgan fingerprint density at radius 3 is 2.18 bits per heavy atom. The normalized spacial score (nSPS) is 18.0. The average Bonchev–Trinajstić information content (AvgIpc) is 2.85. The van der Waals surface area contributed by atoms with Gasteiger partial charge in [0.2, 0.25) is 5.82 Å². The number of unbranched alkanes of at least 4 members (excludes halogenated alkanes) is 3. The van der Waals surface area contributed by atoms with Crippen LogP contribution in [0.3, 0.4) is 0 Å². The number of halogens is 2. The lowest BCUT2D eigenvalue weighted by molar-refractivity contribution is 0.0726. The lowest BCUT2D eigenvalue weighted by Crippen LogP contribution is -2.15.